The van der Waals surface area contributed by atoms with E-state index in [9.17, 15) is 4.79 Å². The lowest BCUT2D eigenvalue weighted by Gasteiger charge is -2.44. The molecule has 1 saturated heterocycles. The maximum atomic E-state index is 12.4. The van der Waals surface area contributed by atoms with E-state index in [0.717, 1.165) is 55.2 Å². The quantitative estimate of drug-likeness (QED) is 0.446. The number of nitrogens with zero attached hydrogens (tertiary/aromatic N) is 5. The molecule has 2 aromatic heterocycles. The average molecular weight is 487 g/mol. The first-order chi connectivity index (χ1) is 17.5. The number of hydrogen-bond donors (Lipinski definition) is 3. The second-order valence-corrected chi connectivity index (χ2v) is 9.88. The van der Waals surface area contributed by atoms with Crippen LogP contribution in [0, 0.1) is 0 Å². The van der Waals surface area contributed by atoms with Gasteiger partial charge in [-0.25, -0.2) is 15.0 Å². The van der Waals surface area contributed by atoms with Crippen LogP contribution in [0.1, 0.15) is 25.8 Å². The Morgan fingerprint density at radius 3 is 2.47 bits per heavy atom. The highest BCUT2D eigenvalue weighted by molar-refractivity contribution is 5.78. The zero-order valence-electron chi connectivity index (χ0n) is 21.0. The van der Waals surface area contributed by atoms with Gasteiger partial charge in [0.25, 0.3) is 0 Å². The van der Waals surface area contributed by atoms with Crippen molar-refractivity contribution in [2.45, 2.75) is 25.8 Å². The number of amides is 1. The Balaban J connectivity index is 1.41. The van der Waals surface area contributed by atoms with Crippen LogP contribution in [0.2, 0.25) is 0 Å². The normalized spacial score (nSPS) is 22.2. The SMILES string of the molecule is CC1(C)c2cccc(c2)Nc2cc(ccn2)-c2cnc(nc2)NCCCNC(=O)CN2CCN1CC2. The van der Waals surface area contributed by atoms with E-state index in [2.05, 4.69) is 78.8 Å². The van der Waals surface area contributed by atoms with Crippen molar-refractivity contribution >= 4 is 23.4 Å². The number of carbonyl (C=O) groups is 1. The molecule has 3 aromatic rings. The second kappa shape index (κ2) is 10.6. The summed E-state index contributed by atoms with van der Waals surface area (Å²) in [5.74, 6) is 1.43. The number of piperazine rings is 1. The molecule has 3 N–H and O–H groups in total. The molecule has 0 radical (unpaired) electrons. The van der Waals surface area contributed by atoms with Gasteiger partial charge in [0.1, 0.15) is 5.82 Å². The molecule has 188 valence electrons. The maximum Gasteiger partial charge on any atom is 0.234 e. The highest BCUT2D eigenvalue weighted by Gasteiger charge is 2.32. The summed E-state index contributed by atoms with van der Waals surface area (Å²) in [6.07, 6.45) is 6.23. The Kier molecular flexibility index (Phi) is 7.11. The summed E-state index contributed by atoms with van der Waals surface area (Å²) in [5, 5.41) is 9.73. The van der Waals surface area contributed by atoms with Gasteiger partial charge < -0.3 is 16.0 Å². The molecule has 1 fully saturated rings. The van der Waals surface area contributed by atoms with Gasteiger partial charge >= 0.3 is 0 Å². The first-order valence-electron chi connectivity index (χ1n) is 12.6. The van der Waals surface area contributed by atoms with Gasteiger partial charge in [-0.05, 0) is 55.7 Å². The number of nitrogens with one attached hydrogen (secondary N) is 3. The van der Waals surface area contributed by atoms with Crippen molar-refractivity contribution in [3.63, 3.8) is 0 Å². The molecule has 36 heavy (non-hydrogen) atoms. The van der Waals surface area contributed by atoms with Crippen molar-refractivity contribution in [1.29, 1.82) is 0 Å². The molecule has 8 rings (SSSR count). The summed E-state index contributed by atoms with van der Waals surface area (Å²) in [6, 6.07) is 12.5. The first kappa shape index (κ1) is 24.1. The minimum absolute atomic E-state index is 0.0795. The topological polar surface area (TPSA) is 98.3 Å². The number of carbonyl (C=O) groups excluding carboxylic acids is 1. The van der Waals surface area contributed by atoms with Gasteiger partial charge in [0.05, 0.1) is 6.54 Å². The van der Waals surface area contributed by atoms with Crippen LogP contribution in [-0.4, -0.2) is 76.5 Å². The van der Waals surface area contributed by atoms with Gasteiger partial charge in [-0.15, -0.1) is 0 Å². The fourth-order valence-electron chi connectivity index (χ4n) is 4.80. The third kappa shape index (κ3) is 5.63. The van der Waals surface area contributed by atoms with Crippen molar-refractivity contribution in [2.24, 2.45) is 0 Å². The first-order valence-corrected chi connectivity index (χ1v) is 12.6. The number of aromatic nitrogens is 3. The van der Waals surface area contributed by atoms with Crippen LogP contribution in [0.25, 0.3) is 11.1 Å². The third-order valence-corrected chi connectivity index (χ3v) is 7.08. The predicted octanol–water partition coefficient (Wildman–Crippen LogP) is 3.07. The molecule has 7 heterocycles. The van der Waals surface area contributed by atoms with Gasteiger partial charge in [-0.3, -0.25) is 14.6 Å². The zero-order chi connectivity index (χ0) is 25.0. The molecule has 0 spiro atoms. The molecular weight excluding hydrogens is 452 g/mol. The lowest BCUT2D eigenvalue weighted by Crippen LogP contribution is -2.54. The molecule has 9 nitrogen and oxygen atoms in total. The minimum Gasteiger partial charge on any atom is -0.355 e. The Morgan fingerprint density at radius 2 is 1.67 bits per heavy atom. The molecule has 0 unspecified atom stereocenters. The number of pyridine rings is 1. The van der Waals surface area contributed by atoms with E-state index in [4.69, 9.17) is 0 Å². The van der Waals surface area contributed by atoms with Gasteiger partial charge in [-0.2, -0.15) is 0 Å². The standard InChI is InChI=1S/C27H34N8O/c1-27(2)22-5-3-6-23(16-22)33-24-15-20(7-10-28-24)21-17-31-26(32-18-21)30-9-4-8-29-25(36)19-34-11-13-35(27)14-12-34/h3,5-7,10,15-18H,4,8-9,11-14,19H2,1-2H3,(H,28,33)(H,29,36)(H,30,31,32). The summed E-state index contributed by atoms with van der Waals surface area (Å²) in [4.78, 5) is 30.6. The Morgan fingerprint density at radius 1 is 0.889 bits per heavy atom. The zero-order valence-corrected chi connectivity index (χ0v) is 21.0. The second-order valence-electron chi connectivity index (χ2n) is 9.88. The predicted molar refractivity (Wildman–Crippen MR) is 142 cm³/mol. The van der Waals surface area contributed by atoms with E-state index < -0.39 is 0 Å². The van der Waals surface area contributed by atoms with Crippen molar-refractivity contribution in [1.82, 2.24) is 30.1 Å². The van der Waals surface area contributed by atoms with Crippen LogP contribution in [0.3, 0.4) is 0 Å². The Labute approximate surface area is 212 Å². The summed E-state index contributed by atoms with van der Waals surface area (Å²) in [7, 11) is 0. The summed E-state index contributed by atoms with van der Waals surface area (Å²) >= 11 is 0. The van der Waals surface area contributed by atoms with Gasteiger partial charge in [-0.1, -0.05) is 12.1 Å². The van der Waals surface area contributed by atoms with Crippen LogP contribution in [0.4, 0.5) is 17.5 Å². The Hall–Kier alpha value is -3.56. The van der Waals surface area contributed by atoms with Crippen molar-refractivity contribution in [2.75, 3.05) is 56.4 Å². The van der Waals surface area contributed by atoms with Gasteiger partial charge in [0, 0.05) is 74.6 Å². The number of benzene rings is 1. The summed E-state index contributed by atoms with van der Waals surface area (Å²) in [6.45, 7) is 9.89. The summed E-state index contributed by atoms with van der Waals surface area (Å²) in [5.41, 5.74) is 4.02. The van der Waals surface area contributed by atoms with Crippen LogP contribution >= 0.6 is 0 Å². The number of hydrogen-bond acceptors (Lipinski definition) is 8. The molecule has 9 heteroatoms. The highest BCUT2D eigenvalue weighted by atomic mass is 16.2. The van der Waals surface area contributed by atoms with Crippen LogP contribution in [0.15, 0.2) is 55.0 Å². The molecular formula is C27H34N8O. The van der Waals surface area contributed by atoms with Crippen molar-refractivity contribution < 1.29 is 4.79 Å². The van der Waals surface area contributed by atoms with Crippen molar-refractivity contribution in [3.8, 4) is 11.1 Å². The van der Waals surface area contributed by atoms with Gasteiger partial charge in [0.2, 0.25) is 11.9 Å². The lowest BCUT2D eigenvalue weighted by atomic mass is 9.91. The molecule has 5 aliphatic heterocycles. The molecule has 0 saturated carbocycles. The smallest absolute Gasteiger partial charge is 0.234 e. The van der Waals surface area contributed by atoms with E-state index in [1.807, 2.05) is 24.5 Å². The Bertz CT molecular complexity index is 1190. The maximum absolute atomic E-state index is 12.4. The number of rotatable bonds is 0. The molecule has 0 atom stereocenters. The number of anilines is 3. The van der Waals surface area contributed by atoms with E-state index in [-0.39, 0.29) is 11.4 Å². The van der Waals surface area contributed by atoms with E-state index >= 15 is 0 Å². The van der Waals surface area contributed by atoms with Crippen molar-refractivity contribution in [3.05, 3.63) is 60.6 Å². The van der Waals surface area contributed by atoms with E-state index in [0.29, 0.717) is 25.6 Å². The fraction of sp³-hybridized carbons (Fsp3) is 0.407. The molecule has 1 aromatic carbocycles. The van der Waals surface area contributed by atoms with Crippen LogP contribution < -0.4 is 16.0 Å². The van der Waals surface area contributed by atoms with E-state index in [1.165, 1.54) is 5.56 Å². The monoisotopic (exact) mass is 486 g/mol. The van der Waals surface area contributed by atoms with Gasteiger partial charge in [0.15, 0.2) is 0 Å². The lowest BCUT2D eigenvalue weighted by molar-refractivity contribution is -0.122. The largest absolute Gasteiger partial charge is 0.355 e. The highest BCUT2D eigenvalue weighted by Crippen LogP contribution is 2.31. The molecule has 5 aliphatic rings. The molecule has 0 aliphatic carbocycles. The molecule has 8 bridgehead atoms. The fourth-order valence-corrected chi connectivity index (χ4v) is 4.80. The molecule has 1 amide bonds. The van der Waals surface area contributed by atoms with Crippen LogP contribution in [0.5, 0.6) is 0 Å². The summed E-state index contributed by atoms with van der Waals surface area (Å²) < 4.78 is 0. The minimum atomic E-state index is -0.136. The average Bonchev–Trinajstić information content (AvgIpc) is 2.89. The van der Waals surface area contributed by atoms with Crippen LogP contribution in [-0.2, 0) is 10.3 Å². The van der Waals surface area contributed by atoms with E-state index in [1.54, 1.807) is 6.20 Å². The third-order valence-electron chi connectivity index (χ3n) is 7.08.